The molecule has 1 aromatic heterocycles. The fourth-order valence-electron chi connectivity index (χ4n) is 2.53. The Balaban J connectivity index is 1.76. The quantitative estimate of drug-likeness (QED) is 0.671. The van der Waals surface area contributed by atoms with E-state index in [4.69, 9.17) is 16.3 Å². The monoisotopic (exact) mass is 368 g/mol. The molecule has 0 aliphatic carbocycles. The first-order chi connectivity index (χ1) is 12.6. The second-order valence-corrected chi connectivity index (χ2v) is 6.06. The van der Waals surface area contributed by atoms with Gasteiger partial charge in [-0.1, -0.05) is 35.9 Å². The molecule has 2 aromatic carbocycles. The zero-order valence-corrected chi connectivity index (χ0v) is 14.9. The molecule has 0 unspecified atom stereocenters. The minimum Gasteiger partial charge on any atom is -0.483 e. The predicted molar refractivity (Wildman–Crippen MR) is 101 cm³/mol. The third-order valence-corrected chi connectivity index (χ3v) is 4.11. The number of aromatic nitrogens is 1. The number of carbonyl (C=O) groups is 2. The van der Waals surface area contributed by atoms with Gasteiger partial charge in [0.05, 0.1) is 16.3 Å². The number of ether oxygens (including phenoxy) is 1. The van der Waals surface area contributed by atoms with E-state index in [2.05, 4.69) is 5.32 Å². The second-order valence-electron chi connectivity index (χ2n) is 5.65. The van der Waals surface area contributed by atoms with Crippen molar-refractivity contribution < 1.29 is 14.3 Å². The van der Waals surface area contributed by atoms with E-state index >= 15 is 0 Å². The molecule has 0 spiro atoms. The summed E-state index contributed by atoms with van der Waals surface area (Å²) in [5.74, 6) is -0.318. The molecule has 1 heterocycles. The highest BCUT2D eigenvalue weighted by Crippen LogP contribution is 2.29. The van der Waals surface area contributed by atoms with Crippen LogP contribution in [0.4, 0.5) is 5.69 Å². The number of amides is 1. The van der Waals surface area contributed by atoms with Gasteiger partial charge in [0.1, 0.15) is 5.75 Å². The molecular weight excluding hydrogens is 352 g/mol. The fourth-order valence-corrected chi connectivity index (χ4v) is 2.78. The van der Waals surface area contributed by atoms with E-state index < -0.39 is 0 Å². The lowest BCUT2D eigenvalue weighted by Gasteiger charge is -2.13. The standard InChI is InChI=1S/C20H17ClN2O3/c1-23-12-6-10-16(23)20(25)19-15(21)9-5-11-17(19)26-13-18(24)22-14-7-3-2-4-8-14/h2-12H,13H2,1H3,(H,22,24). The van der Waals surface area contributed by atoms with Crippen molar-refractivity contribution in [1.82, 2.24) is 4.57 Å². The van der Waals surface area contributed by atoms with Gasteiger partial charge in [-0.3, -0.25) is 9.59 Å². The van der Waals surface area contributed by atoms with E-state index in [0.29, 0.717) is 11.4 Å². The zero-order valence-electron chi connectivity index (χ0n) is 14.1. The highest BCUT2D eigenvalue weighted by atomic mass is 35.5. The smallest absolute Gasteiger partial charge is 0.262 e. The first kappa shape index (κ1) is 17.8. The Morgan fingerprint density at radius 1 is 1.04 bits per heavy atom. The molecule has 1 N–H and O–H groups in total. The van der Waals surface area contributed by atoms with Crippen LogP contribution in [0.1, 0.15) is 16.1 Å². The topological polar surface area (TPSA) is 60.3 Å². The highest BCUT2D eigenvalue weighted by Gasteiger charge is 2.21. The summed E-state index contributed by atoms with van der Waals surface area (Å²) in [4.78, 5) is 24.9. The van der Waals surface area contributed by atoms with Crippen LogP contribution < -0.4 is 10.1 Å². The van der Waals surface area contributed by atoms with Crippen LogP contribution in [0.25, 0.3) is 0 Å². The molecule has 0 aliphatic rings. The van der Waals surface area contributed by atoms with Crippen LogP contribution in [0, 0.1) is 0 Å². The second kappa shape index (κ2) is 7.89. The minimum absolute atomic E-state index is 0.233. The first-order valence-electron chi connectivity index (χ1n) is 7.98. The van der Waals surface area contributed by atoms with E-state index in [9.17, 15) is 9.59 Å². The van der Waals surface area contributed by atoms with E-state index in [0.717, 1.165) is 0 Å². The predicted octanol–water partition coefficient (Wildman–Crippen LogP) is 3.93. The number of ketones is 1. The van der Waals surface area contributed by atoms with Crippen molar-refractivity contribution in [3.8, 4) is 5.75 Å². The van der Waals surface area contributed by atoms with Crippen LogP contribution in [0.2, 0.25) is 5.02 Å². The Kier molecular flexibility index (Phi) is 5.39. The van der Waals surface area contributed by atoms with Gasteiger partial charge in [-0.2, -0.15) is 0 Å². The number of nitrogens with zero attached hydrogens (tertiary/aromatic N) is 1. The van der Waals surface area contributed by atoms with Crippen molar-refractivity contribution in [3.63, 3.8) is 0 Å². The van der Waals surface area contributed by atoms with Crippen LogP contribution in [0.3, 0.4) is 0 Å². The molecule has 3 aromatic rings. The molecule has 0 bridgehead atoms. The van der Waals surface area contributed by atoms with Crippen molar-refractivity contribution in [1.29, 1.82) is 0 Å². The lowest BCUT2D eigenvalue weighted by atomic mass is 10.1. The Hall–Kier alpha value is -3.05. The highest BCUT2D eigenvalue weighted by molar-refractivity contribution is 6.35. The molecule has 1 amide bonds. The molecule has 0 saturated heterocycles. The van der Waals surface area contributed by atoms with Gasteiger partial charge < -0.3 is 14.6 Å². The van der Waals surface area contributed by atoms with Gasteiger partial charge in [0.2, 0.25) is 5.78 Å². The van der Waals surface area contributed by atoms with Crippen LogP contribution in [-0.4, -0.2) is 22.9 Å². The van der Waals surface area contributed by atoms with Gasteiger partial charge in [-0.15, -0.1) is 0 Å². The Morgan fingerprint density at radius 3 is 2.50 bits per heavy atom. The SMILES string of the molecule is Cn1cccc1C(=O)c1c(Cl)cccc1OCC(=O)Nc1ccccc1. The third-order valence-electron chi connectivity index (χ3n) is 3.80. The molecule has 3 rings (SSSR count). The summed E-state index contributed by atoms with van der Waals surface area (Å²) < 4.78 is 7.29. The van der Waals surface area contributed by atoms with E-state index in [-0.39, 0.29) is 34.6 Å². The largest absolute Gasteiger partial charge is 0.483 e. The molecular formula is C20H17ClN2O3. The zero-order chi connectivity index (χ0) is 18.5. The summed E-state index contributed by atoms with van der Waals surface area (Å²) >= 11 is 6.23. The van der Waals surface area contributed by atoms with Gasteiger partial charge in [-0.25, -0.2) is 0 Å². The molecule has 0 aliphatic heterocycles. The van der Waals surface area contributed by atoms with Crippen LogP contribution in [-0.2, 0) is 11.8 Å². The maximum absolute atomic E-state index is 12.8. The number of hydrogen-bond acceptors (Lipinski definition) is 3. The van der Waals surface area contributed by atoms with E-state index in [1.165, 1.54) is 0 Å². The van der Waals surface area contributed by atoms with Crippen molar-refractivity contribution >= 4 is 29.0 Å². The fraction of sp³-hybridized carbons (Fsp3) is 0.100. The molecule has 26 heavy (non-hydrogen) atoms. The number of halogens is 1. The lowest BCUT2D eigenvalue weighted by Crippen LogP contribution is -2.21. The number of benzene rings is 2. The van der Waals surface area contributed by atoms with Gasteiger partial charge in [0.15, 0.2) is 6.61 Å². The van der Waals surface area contributed by atoms with Crippen molar-refractivity contribution in [2.45, 2.75) is 0 Å². The van der Waals surface area contributed by atoms with E-state index in [1.54, 1.807) is 60.3 Å². The number of aryl methyl sites for hydroxylation is 1. The molecule has 0 radical (unpaired) electrons. The molecule has 132 valence electrons. The average molecular weight is 369 g/mol. The van der Waals surface area contributed by atoms with Crippen molar-refractivity contribution in [2.75, 3.05) is 11.9 Å². The number of nitrogens with one attached hydrogen (secondary N) is 1. The van der Waals surface area contributed by atoms with Gasteiger partial charge in [-0.05, 0) is 36.4 Å². The Labute approximate surface area is 156 Å². The summed E-state index contributed by atoms with van der Waals surface area (Å²) in [7, 11) is 1.78. The van der Waals surface area contributed by atoms with Gasteiger partial charge >= 0.3 is 0 Å². The van der Waals surface area contributed by atoms with Crippen molar-refractivity contribution in [2.24, 2.45) is 7.05 Å². The molecule has 0 fully saturated rings. The van der Waals surface area contributed by atoms with E-state index in [1.807, 2.05) is 18.2 Å². The minimum atomic E-state index is -0.326. The Morgan fingerprint density at radius 2 is 1.81 bits per heavy atom. The first-order valence-corrected chi connectivity index (χ1v) is 8.36. The lowest BCUT2D eigenvalue weighted by molar-refractivity contribution is -0.118. The van der Waals surface area contributed by atoms with Crippen molar-refractivity contribution in [3.05, 3.63) is 83.1 Å². The van der Waals surface area contributed by atoms with Crippen LogP contribution >= 0.6 is 11.6 Å². The number of rotatable bonds is 6. The maximum Gasteiger partial charge on any atom is 0.262 e. The summed E-state index contributed by atoms with van der Waals surface area (Å²) in [5, 5.41) is 3.00. The average Bonchev–Trinajstić information content (AvgIpc) is 3.06. The molecule has 0 saturated carbocycles. The number of hydrogen-bond donors (Lipinski definition) is 1. The summed E-state index contributed by atoms with van der Waals surface area (Å²) in [5.41, 5.74) is 1.40. The number of carbonyl (C=O) groups excluding carboxylic acids is 2. The normalized spacial score (nSPS) is 10.4. The summed E-state index contributed by atoms with van der Waals surface area (Å²) in [6.07, 6.45) is 1.78. The van der Waals surface area contributed by atoms with Crippen LogP contribution in [0.15, 0.2) is 66.9 Å². The van der Waals surface area contributed by atoms with Gasteiger partial charge in [0.25, 0.3) is 5.91 Å². The van der Waals surface area contributed by atoms with Crippen LogP contribution in [0.5, 0.6) is 5.75 Å². The summed E-state index contributed by atoms with van der Waals surface area (Å²) in [6, 6.07) is 17.5. The third kappa shape index (κ3) is 3.95. The number of anilines is 1. The molecule has 0 atom stereocenters. The summed E-state index contributed by atoms with van der Waals surface area (Å²) in [6.45, 7) is -0.233. The maximum atomic E-state index is 12.8. The molecule has 6 heteroatoms. The molecule has 5 nitrogen and oxygen atoms in total. The number of para-hydroxylation sites is 1. The van der Waals surface area contributed by atoms with Gasteiger partial charge in [0, 0.05) is 18.9 Å². The Bertz CT molecular complexity index is 935.